The smallest absolute Gasteiger partial charge is 0.348 e. The Morgan fingerprint density at radius 2 is 0.880 bits per heavy atom. The van der Waals surface area contributed by atoms with Gasteiger partial charge in [0.15, 0.2) is 17.3 Å². The first-order chi connectivity index (χ1) is 51.2. The molecule has 0 aromatic heterocycles. The molecule has 0 radical (unpaired) electrons. The van der Waals surface area contributed by atoms with Crippen LogP contribution in [0.4, 0.5) is 0 Å². The van der Waals surface area contributed by atoms with Crippen molar-refractivity contribution in [1.29, 1.82) is 0 Å². The molecule has 22 atom stereocenters. The van der Waals surface area contributed by atoms with Crippen molar-refractivity contribution in [2.45, 2.75) is 245 Å². The predicted molar refractivity (Wildman–Crippen MR) is 396 cm³/mol. The Balaban J connectivity index is 0.000000255. The number of halogens is 1. The molecule has 6 aliphatic carbocycles. The number of benzene rings is 4. The molecule has 4 aromatic rings. The van der Waals surface area contributed by atoms with Crippen molar-refractivity contribution in [3.05, 3.63) is 166 Å². The maximum Gasteiger partial charge on any atom is 0.348 e. The van der Waals surface area contributed by atoms with Gasteiger partial charge in [-0.15, -0.1) is 11.6 Å². The van der Waals surface area contributed by atoms with Gasteiger partial charge in [0.05, 0.1) is 59.2 Å². The van der Waals surface area contributed by atoms with Gasteiger partial charge in [-0.3, -0.25) is 24.0 Å². The molecule has 2 saturated heterocycles. The number of aliphatic hydroxyl groups excluding tert-OH is 3. The van der Waals surface area contributed by atoms with Crippen LogP contribution in [0.2, 0.25) is 0 Å². The molecule has 2 aliphatic heterocycles. The minimum absolute atomic E-state index is 0.0216. The summed E-state index contributed by atoms with van der Waals surface area (Å²) in [7, 11) is 0. The monoisotopic (exact) mass is 1520 g/mol. The molecule has 4 bridgehead atoms. The second kappa shape index (κ2) is 34.9. The number of fused-ring (bicyclic) bond motifs is 10. The number of esters is 7. The first-order valence-corrected chi connectivity index (χ1v) is 38.1. The van der Waals surface area contributed by atoms with Crippen LogP contribution in [0.5, 0.6) is 0 Å². The van der Waals surface area contributed by atoms with E-state index >= 15 is 0 Å². The summed E-state index contributed by atoms with van der Waals surface area (Å²) in [5.41, 5.74) is -6.79. The van der Waals surface area contributed by atoms with Gasteiger partial charge < -0.3 is 68.2 Å². The average Bonchev–Trinajstić information content (AvgIpc) is 0.685. The molecule has 0 amide bonds. The van der Waals surface area contributed by atoms with Gasteiger partial charge in [0.25, 0.3) is 0 Å². The van der Waals surface area contributed by atoms with Crippen LogP contribution in [0.1, 0.15) is 193 Å². The average molecular weight is 1520 g/mol. The van der Waals surface area contributed by atoms with E-state index in [1.54, 1.807) is 159 Å². The summed E-state index contributed by atoms with van der Waals surface area (Å²) in [6.07, 6.45) is -13.7. The first-order valence-electron chi connectivity index (χ1n) is 37.6. The van der Waals surface area contributed by atoms with Crippen LogP contribution in [0.15, 0.2) is 144 Å². The zero-order chi connectivity index (χ0) is 79.9. The minimum Gasteiger partial charge on any atom is -0.456 e. The maximum absolute atomic E-state index is 14.9. The van der Waals surface area contributed by atoms with E-state index in [1.807, 2.05) is 47.6 Å². The molecular weight excluding hydrogens is 1410 g/mol. The maximum atomic E-state index is 14.9. The van der Waals surface area contributed by atoms with E-state index < -0.39 is 189 Å². The lowest BCUT2D eigenvalue weighted by atomic mass is 9.47. The molecule has 588 valence electrons. The number of Topliss-reactive ketones (excluding diaryl/α,β-unsaturated/α-hetero) is 2. The predicted octanol–water partition coefficient (Wildman–Crippen LogP) is 10.7. The van der Waals surface area contributed by atoms with E-state index in [0.29, 0.717) is 27.9 Å². The van der Waals surface area contributed by atoms with Gasteiger partial charge >= 0.3 is 41.8 Å². The summed E-state index contributed by atoms with van der Waals surface area (Å²) in [4.78, 5) is 123. The molecule has 8 aliphatic rings. The summed E-state index contributed by atoms with van der Waals surface area (Å²) in [6.45, 7) is 27.4. The SMILES string of the molecule is CC.CC.CC.CC(=O)O[C@@]12CO[C@@H]1C[C@H](O)[C@@]1(C)C(=O)[C@H](C)C3=C(C)[C@@H](OC(=O)[C@H](O)[C@@H](C)c4ccccc4)C[C@](O)(C3)[C@@H](OC(=O)c3ccccc3)[C@H]21.CC(=O)O[C@@]12CO[C@@H]1C[C@H](O)[C@@]1(C)C(=O)[C@H](C)C3=C(C)[C@@H](OC(=O)[C@H](OC(=O)CCl)[C@@H](C)c4ccccc4)C[C@](O)(C3)[C@@H](OC(=O)c3ccccc3)[C@H]21. The summed E-state index contributed by atoms with van der Waals surface area (Å²) < 4.78 is 53.8. The number of carbonyl (C=O) groups is 9. The second-order valence-corrected chi connectivity index (χ2v) is 29.7. The van der Waals surface area contributed by atoms with Crippen molar-refractivity contribution in [2.75, 3.05) is 19.1 Å². The highest BCUT2D eigenvalue weighted by Crippen LogP contribution is 2.64. The standard InChI is InChI=1S/C40H45ClO12.C38H44O11.3C2H6/c1-21(25-12-8-6-9-13-25)32(51-31(44)19-41)37(47)50-28-18-39(48)17-27(22(28)2)23(3)34(45)38(5)29(43)16-30-40(20-49-30,53-24(4)42)33(38)35(39)52-36(46)26-14-10-7-11-15-26;1-20(24-12-8-6-9-13-24)30(41)35(44)47-27-18-37(45)17-26(21(27)2)22(3)32(42)36(5)28(40)16-29-38(19-46-29,49-23(4)39)31(36)33(37)48-34(43)25-14-10-7-11-15-25;3*1-2/h6-15,21,23,28-30,32-33,35,43,48H,16-20H2,1-5H3;6-15,20,22,27-31,33,40-41,45H,16-19H2,1-5H3;3*1-2H3/t21-,23+,28-,29-,30+,32+,33-,35-,38+,39+,40-;20-,22+,27-,28-,29+,30+,31-,33-,36+,37+,38-;;;/m00.../s1. The van der Waals surface area contributed by atoms with Crippen molar-refractivity contribution < 1.29 is 111 Å². The topological polar surface area (TPSA) is 338 Å². The van der Waals surface area contributed by atoms with Crippen molar-refractivity contribution >= 4 is 65.0 Å². The number of carbonyl (C=O) groups excluding carboxylic acids is 9. The largest absolute Gasteiger partial charge is 0.456 e. The van der Waals surface area contributed by atoms with E-state index in [0.717, 1.165) is 5.56 Å². The van der Waals surface area contributed by atoms with E-state index in [1.165, 1.54) is 26.0 Å². The number of rotatable bonds is 16. The Bertz CT molecular complexity index is 3960. The fraction of sp³-hybridized carbons (Fsp3) is 0.560. The van der Waals surface area contributed by atoms with Crippen LogP contribution in [0.3, 0.4) is 0 Å². The van der Waals surface area contributed by atoms with E-state index in [2.05, 4.69) is 0 Å². The fourth-order valence-corrected chi connectivity index (χ4v) is 17.7. The molecule has 5 N–H and O–H groups in total. The van der Waals surface area contributed by atoms with Crippen LogP contribution < -0.4 is 0 Å². The molecule has 2 heterocycles. The normalized spacial score (nSPS) is 33.6. The Morgan fingerprint density at radius 1 is 0.537 bits per heavy atom. The third-order valence-corrected chi connectivity index (χ3v) is 23.6. The van der Waals surface area contributed by atoms with E-state index in [4.69, 9.17) is 54.2 Å². The van der Waals surface area contributed by atoms with Crippen molar-refractivity contribution in [3.63, 3.8) is 0 Å². The fourth-order valence-electron chi connectivity index (χ4n) is 17.7. The molecule has 0 unspecified atom stereocenters. The zero-order valence-electron chi connectivity index (χ0n) is 64.6. The first kappa shape index (κ1) is 85.6. The van der Waals surface area contributed by atoms with Crippen LogP contribution >= 0.6 is 11.6 Å². The molecule has 4 saturated carbocycles. The van der Waals surface area contributed by atoms with Gasteiger partial charge in [-0.05, 0) is 74.2 Å². The van der Waals surface area contributed by atoms with E-state index in [-0.39, 0.29) is 62.9 Å². The highest BCUT2D eigenvalue weighted by Gasteiger charge is 2.78. The van der Waals surface area contributed by atoms with Gasteiger partial charge in [-0.1, -0.05) is 177 Å². The Morgan fingerprint density at radius 3 is 1.21 bits per heavy atom. The highest BCUT2D eigenvalue weighted by atomic mass is 35.5. The Labute approximate surface area is 637 Å². The number of hydrogen-bond donors (Lipinski definition) is 5. The summed E-state index contributed by atoms with van der Waals surface area (Å²) in [5.74, 6) is -12.6. The summed E-state index contributed by atoms with van der Waals surface area (Å²) in [5, 5.41) is 60.5. The lowest BCUT2D eigenvalue weighted by Gasteiger charge is -2.65. The van der Waals surface area contributed by atoms with Crippen LogP contribution in [0, 0.1) is 34.5 Å². The van der Waals surface area contributed by atoms with Crippen molar-refractivity contribution in [1.82, 2.24) is 0 Å². The third kappa shape index (κ3) is 16.0. The molecule has 6 fully saturated rings. The molecule has 0 spiro atoms. The summed E-state index contributed by atoms with van der Waals surface area (Å²) in [6, 6.07) is 34.1. The Hall–Kier alpha value is -8.00. The van der Waals surface area contributed by atoms with Crippen LogP contribution in [0.25, 0.3) is 0 Å². The van der Waals surface area contributed by atoms with Gasteiger partial charge in [-0.25, -0.2) is 19.2 Å². The molecular formula is C84H107ClO23. The van der Waals surface area contributed by atoms with Gasteiger partial charge in [0, 0.05) is 76.0 Å². The molecule has 4 aromatic carbocycles. The number of ketones is 2. The molecule has 24 heteroatoms. The van der Waals surface area contributed by atoms with Gasteiger partial charge in [-0.2, -0.15) is 0 Å². The second-order valence-electron chi connectivity index (χ2n) is 29.4. The van der Waals surface area contributed by atoms with Crippen molar-refractivity contribution in [2.24, 2.45) is 34.5 Å². The summed E-state index contributed by atoms with van der Waals surface area (Å²) >= 11 is 5.76. The zero-order valence-corrected chi connectivity index (χ0v) is 65.4. The van der Waals surface area contributed by atoms with Crippen LogP contribution in [-0.4, -0.2) is 181 Å². The highest BCUT2D eigenvalue weighted by molar-refractivity contribution is 6.26. The third-order valence-electron chi connectivity index (χ3n) is 23.4. The quantitative estimate of drug-likeness (QED) is 0.0301. The lowest BCUT2D eigenvalue weighted by molar-refractivity contribution is -0.340. The van der Waals surface area contributed by atoms with E-state index in [9.17, 15) is 68.7 Å². The number of hydrogen-bond acceptors (Lipinski definition) is 23. The van der Waals surface area contributed by atoms with Crippen LogP contribution in [-0.2, 0) is 76.2 Å². The number of ether oxygens (including phenoxy) is 9. The number of alkyl halides is 1. The minimum atomic E-state index is -2.04. The van der Waals surface area contributed by atoms with Crippen molar-refractivity contribution in [3.8, 4) is 0 Å². The Kier molecular flexibility index (Phi) is 27.7. The van der Waals surface area contributed by atoms with Gasteiger partial charge in [0.2, 0.25) is 6.10 Å². The molecule has 108 heavy (non-hydrogen) atoms. The molecule has 12 rings (SSSR count). The van der Waals surface area contributed by atoms with Gasteiger partial charge in [0.1, 0.15) is 65.3 Å². The molecule has 23 nitrogen and oxygen atoms in total. The lowest BCUT2D eigenvalue weighted by Crippen LogP contribution is -2.80. The number of aliphatic hydroxyl groups is 5.